The number of hydrogen-bond acceptors (Lipinski definition) is 3. The predicted molar refractivity (Wildman–Crippen MR) is 76.6 cm³/mol. The van der Waals surface area contributed by atoms with Gasteiger partial charge in [-0.2, -0.15) is 13.2 Å². The largest absolute Gasteiger partial charge is 0.435 e. The van der Waals surface area contributed by atoms with Crippen molar-refractivity contribution in [1.29, 1.82) is 0 Å². The van der Waals surface area contributed by atoms with Crippen LogP contribution in [-0.4, -0.2) is 42.9 Å². The monoisotopic (exact) mass is 334 g/mol. The van der Waals surface area contributed by atoms with Crippen LogP contribution in [0.4, 0.5) is 28.0 Å². The lowest BCUT2D eigenvalue weighted by molar-refractivity contribution is -0.207. The Hall–Kier alpha value is -1.83. The zero-order valence-electron chi connectivity index (χ0n) is 12.4. The maximum atomic E-state index is 13.0. The number of amides is 1. The summed E-state index contributed by atoms with van der Waals surface area (Å²) >= 11 is 0. The van der Waals surface area contributed by atoms with Crippen molar-refractivity contribution in [2.45, 2.75) is 31.5 Å². The third-order valence-corrected chi connectivity index (χ3v) is 3.56. The van der Waals surface area contributed by atoms with E-state index in [0.29, 0.717) is 13.1 Å². The normalized spacial score (nSPS) is 17.6. The van der Waals surface area contributed by atoms with Gasteiger partial charge in [-0.1, -0.05) is 12.5 Å². The Balaban J connectivity index is 1.95. The Labute approximate surface area is 131 Å². The van der Waals surface area contributed by atoms with Gasteiger partial charge in [0.1, 0.15) is 5.82 Å². The number of ether oxygens (including phenoxy) is 1. The van der Waals surface area contributed by atoms with Gasteiger partial charge in [0.15, 0.2) is 0 Å². The number of alkyl halides is 3. The fourth-order valence-corrected chi connectivity index (χ4v) is 2.43. The van der Waals surface area contributed by atoms with Crippen LogP contribution in [0.2, 0.25) is 0 Å². The fraction of sp³-hybridized carbons (Fsp3) is 0.533. The SMILES string of the molecule is O=C(Nc1cccc(F)c1)O[C@@H](CN1CCCCC1)C(F)(F)F. The summed E-state index contributed by atoms with van der Waals surface area (Å²) in [5.74, 6) is -0.608. The molecule has 0 unspecified atom stereocenters. The van der Waals surface area contributed by atoms with Crippen LogP contribution in [0, 0.1) is 5.82 Å². The van der Waals surface area contributed by atoms with E-state index in [1.807, 2.05) is 0 Å². The van der Waals surface area contributed by atoms with Crippen LogP contribution in [0.3, 0.4) is 0 Å². The average molecular weight is 334 g/mol. The van der Waals surface area contributed by atoms with E-state index in [1.165, 1.54) is 12.1 Å². The maximum Gasteiger partial charge on any atom is 0.426 e. The van der Waals surface area contributed by atoms with Crippen LogP contribution in [0.1, 0.15) is 19.3 Å². The summed E-state index contributed by atoms with van der Waals surface area (Å²) in [5, 5.41) is 2.10. The third kappa shape index (κ3) is 5.70. The van der Waals surface area contributed by atoms with Gasteiger partial charge in [0, 0.05) is 12.2 Å². The fourth-order valence-electron chi connectivity index (χ4n) is 2.43. The highest BCUT2D eigenvalue weighted by molar-refractivity contribution is 5.84. The molecule has 1 aliphatic heterocycles. The Morgan fingerprint density at radius 1 is 1.26 bits per heavy atom. The zero-order chi connectivity index (χ0) is 16.9. The van der Waals surface area contributed by atoms with Gasteiger partial charge < -0.3 is 4.74 Å². The lowest BCUT2D eigenvalue weighted by Crippen LogP contribution is -2.46. The Bertz CT molecular complexity index is 530. The van der Waals surface area contributed by atoms with Gasteiger partial charge in [0.2, 0.25) is 6.10 Å². The third-order valence-electron chi connectivity index (χ3n) is 3.56. The predicted octanol–water partition coefficient (Wildman–Crippen LogP) is 3.79. The second-order valence-electron chi connectivity index (χ2n) is 5.43. The van der Waals surface area contributed by atoms with Crippen molar-refractivity contribution in [2.24, 2.45) is 0 Å². The summed E-state index contributed by atoms with van der Waals surface area (Å²) in [5.41, 5.74) is 0.0360. The maximum absolute atomic E-state index is 13.0. The number of nitrogens with zero attached hydrogens (tertiary/aromatic N) is 1. The van der Waals surface area contributed by atoms with Crippen LogP contribution >= 0.6 is 0 Å². The molecule has 1 aliphatic rings. The molecule has 4 nitrogen and oxygen atoms in total. The van der Waals surface area contributed by atoms with Crippen LogP contribution in [0.15, 0.2) is 24.3 Å². The van der Waals surface area contributed by atoms with Crippen LogP contribution in [-0.2, 0) is 4.74 Å². The molecule has 1 aromatic rings. The van der Waals surface area contributed by atoms with E-state index in [2.05, 4.69) is 10.1 Å². The van der Waals surface area contributed by atoms with E-state index in [1.54, 1.807) is 4.90 Å². The highest BCUT2D eigenvalue weighted by Gasteiger charge is 2.44. The number of hydrogen-bond donors (Lipinski definition) is 1. The minimum absolute atomic E-state index is 0.0360. The molecular formula is C15H18F4N2O2. The molecule has 2 rings (SSSR count). The molecule has 23 heavy (non-hydrogen) atoms. The van der Waals surface area contributed by atoms with E-state index in [9.17, 15) is 22.4 Å². The topological polar surface area (TPSA) is 41.6 Å². The van der Waals surface area contributed by atoms with Crippen molar-refractivity contribution < 1.29 is 27.1 Å². The second-order valence-corrected chi connectivity index (χ2v) is 5.43. The minimum Gasteiger partial charge on any atom is -0.435 e. The van der Waals surface area contributed by atoms with Crippen molar-refractivity contribution in [3.8, 4) is 0 Å². The molecule has 0 aromatic heterocycles. The standard InChI is InChI=1S/C15H18F4N2O2/c16-11-5-4-6-12(9-11)20-14(22)23-13(15(17,18)19)10-21-7-2-1-3-8-21/h4-6,9,13H,1-3,7-8,10H2,(H,20,22)/t13-/m0/s1. The first-order valence-electron chi connectivity index (χ1n) is 7.37. The molecule has 0 radical (unpaired) electrons. The molecule has 1 fully saturated rings. The van der Waals surface area contributed by atoms with Gasteiger partial charge in [0.05, 0.1) is 0 Å². The van der Waals surface area contributed by atoms with E-state index in [-0.39, 0.29) is 12.2 Å². The Kier molecular flexibility index (Phi) is 5.81. The molecule has 0 aliphatic carbocycles. The van der Waals surface area contributed by atoms with Gasteiger partial charge in [-0.25, -0.2) is 9.18 Å². The smallest absolute Gasteiger partial charge is 0.426 e. The van der Waals surface area contributed by atoms with E-state index in [0.717, 1.165) is 31.4 Å². The van der Waals surface area contributed by atoms with Crippen LogP contribution in [0.5, 0.6) is 0 Å². The average Bonchev–Trinajstić information content (AvgIpc) is 2.46. The highest BCUT2D eigenvalue weighted by Crippen LogP contribution is 2.25. The number of benzene rings is 1. The quantitative estimate of drug-likeness (QED) is 0.852. The van der Waals surface area contributed by atoms with Gasteiger partial charge in [0.25, 0.3) is 0 Å². The number of anilines is 1. The number of carbonyl (C=O) groups is 1. The van der Waals surface area contributed by atoms with Crippen molar-refractivity contribution in [3.05, 3.63) is 30.1 Å². The molecule has 1 atom stereocenters. The highest BCUT2D eigenvalue weighted by atomic mass is 19.4. The molecule has 0 spiro atoms. The number of likely N-dealkylation sites (tertiary alicyclic amines) is 1. The number of piperidine rings is 1. The number of halogens is 4. The summed E-state index contributed by atoms with van der Waals surface area (Å²) in [6, 6.07) is 4.84. The first-order chi connectivity index (χ1) is 10.8. The molecule has 1 aromatic carbocycles. The molecule has 0 saturated carbocycles. The molecule has 1 N–H and O–H groups in total. The summed E-state index contributed by atoms with van der Waals surface area (Å²) in [7, 11) is 0. The van der Waals surface area contributed by atoms with E-state index >= 15 is 0 Å². The van der Waals surface area contributed by atoms with Crippen LogP contribution < -0.4 is 5.32 Å². The Morgan fingerprint density at radius 3 is 2.57 bits per heavy atom. The van der Waals surface area contributed by atoms with E-state index < -0.39 is 24.2 Å². The first-order valence-corrected chi connectivity index (χ1v) is 7.37. The lowest BCUT2D eigenvalue weighted by Gasteiger charge is -2.30. The molecule has 1 heterocycles. The van der Waals surface area contributed by atoms with Gasteiger partial charge in [-0.05, 0) is 44.1 Å². The minimum atomic E-state index is -4.66. The summed E-state index contributed by atoms with van der Waals surface area (Å²) in [6.45, 7) is 0.725. The van der Waals surface area contributed by atoms with Crippen LogP contribution in [0.25, 0.3) is 0 Å². The summed E-state index contributed by atoms with van der Waals surface area (Å²) in [6.07, 6.45) is -5.46. The zero-order valence-corrected chi connectivity index (χ0v) is 12.4. The van der Waals surface area contributed by atoms with Crippen molar-refractivity contribution in [3.63, 3.8) is 0 Å². The van der Waals surface area contributed by atoms with Crippen molar-refractivity contribution >= 4 is 11.8 Å². The molecule has 0 bridgehead atoms. The molecular weight excluding hydrogens is 316 g/mol. The van der Waals surface area contributed by atoms with Crippen molar-refractivity contribution in [1.82, 2.24) is 4.90 Å². The van der Waals surface area contributed by atoms with Crippen molar-refractivity contribution in [2.75, 3.05) is 25.0 Å². The number of carbonyl (C=O) groups excluding carboxylic acids is 1. The summed E-state index contributed by atoms with van der Waals surface area (Å²) < 4.78 is 56.7. The number of nitrogens with one attached hydrogen (secondary N) is 1. The lowest BCUT2D eigenvalue weighted by atomic mass is 10.1. The molecule has 128 valence electrons. The van der Waals surface area contributed by atoms with Gasteiger partial charge in [-0.3, -0.25) is 10.2 Å². The summed E-state index contributed by atoms with van der Waals surface area (Å²) in [4.78, 5) is 13.3. The van der Waals surface area contributed by atoms with Gasteiger partial charge >= 0.3 is 12.3 Å². The number of rotatable bonds is 4. The molecule has 1 saturated heterocycles. The van der Waals surface area contributed by atoms with Gasteiger partial charge in [-0.15, -0.1) is 0 Å². The molecule has 1 amide bonds. The van der Waals surface area contributed by atoms with E-state index in [4.69, 9.17) is 0 Å². The molecule has 8 heteroatoms. The first kappa shape index (κ1) is 17.5. The second kappa shape index (κ2) is 7.63. The Morgan fingerprint density at radius 2 is 1.96 bits per heavy atom.